The minimum atomic E-state index is 0.326. The van der Waals surface area contributed by atoms with Gasteiger partial charge in [0, 0.05) is 6.61 Å². The third-order valence-corrected chi connectivity index (χ3v) is 4.52. The number of aliphatic hydroxyl groups excluding tert-OH is 1. The van der Waals surface area contributed by atoms with Gasteiger partial charge in [0.25, 0.3) is 0 Å². The Morgan fingerprint density at radius 3 is 3.08 bits per heavy atom. The van der Waals surface area contributed by atoms with Gasteiger partial charge >= 0.3 is 0 Å². The summed E-state index contributed by atoms with van der Waals surface area (Å²) in [5, 5.41) is 9.35. The summed E-state index contributed by atoms with van der Waals surface area (Å²) in [7, 11) is 0. The Hall–Kier alpha value is -0.300. The fourth-order valence-corrected chi connectivity index (χ4v) is 3.26. The number of fused-ring (bicyclic) bond motifs is 1. The summed E-state index contributed by atoms with van der Waals surface area (Å²) in [6, 6.07) is 0. The minimum Gasteiger partial charge on any atom is -0.396 e. The normalized spacial score (nSPS) is 44.4. The molecule has 0 radical (unpaired) electrons. The van der Waals surface area contributed by atoms with Crippen molar-refractivity contribution in [2.75, 3.05) is 6.61 Å². The van der Waals surface area contributed by atoms with Crippen molar-refractivity contribution in [2.45, 2.75) is 39.5 Å². The van der Waals surface area contributed by atoms with Crippen molar-refractivity contribution in [2.24, 2.45) is 17.3 Å². The van der Waals surface area contributed by atoms with Crippen LogP contribution in [-0.4, -0.2) is 11.7 Å². The van der Waals surface area contributed by atoms with Crippen molar-refractivity contribution >= 4 is 0 Å². The maximum absolute atomic E-state index is 9.35. The van der Waals surface area contributed by atoms with Crippen LogP contribution in [0, 0.1) is 17.3 Å². The average molecular weight is 180 g/mol. The standard InChI is InChI=1S/C12H20O/c1-9-4-3-5-10-6-7-11(8-13)12(9,10)2/h6,9,11,13H,3-5,7-8H2,1-2H3/t9-,11+,12+/m1/s1. The summed E-state index contributed by atoms with van der Waals surface area (Å²) in [6.45, 7) is 5.07. The van der Waals surface area contributed by atoms with Gasteiger partial charge in [0.05, 0.1) is 0 Å². The molecule has 0 saturated heterocycles. The third kappa shape index (κ3) is 1.17. The second kappa shape index (κ2) is 3.13. The summed E-state index contributed by atoms with van der Waals surface area (Å²) in [6.07, 6.45) is 7.45. The highest BCUT2D eigenvalue weighted by molar-refractivity contribution is 5.25. The van der Waals surface area contributed by atoms with Crippen molar-refractivity contribution in [1.29, 1.82) is 0 Å². The van der Waals surface area contributed by atoms with Gasteiger partial charge < -0.3 is 5.11 Å². The molecule has 0 aromatic rings. The van der Waals surface area contributed by atoms with Crippen molar-refractivity contribution in [3.63, 3.8) is 0 Å². The average Bonchev–Trinajstić information content (AvgIpc) is 2.45. The number of rotatable bonds is 1. The van der Waals surface area contributed by atoms with Crippen LogP contribution in [0.2, 0.25) is 0 Å². The molecule has 0 aromatic heterocycles. The monoisotopic (exact) mass is 180 g/mol. The highest BCUT2D eigenvalue weighted by Crippen LogP contribution is 2.54. The molecule has 74 valence electrons. The van der Waals surface area contributed by atoms with Gasteiger partial charge in [0.1, 0.15) is 0 Å². The Morgan fingerprint density at radius 1 is 1.62 bits per heavy atom. The maximum atomic E-state index is 9.35. The van der Waals surface area contributed by atoms with Crippen LogP contribution in [0.5, 0.6) is 0 Å². The molecule has 0 spiro atoms. The van der Waals surface area contributed by atoms with E-state index in [1.165, 1.54) is 19.3 Å². The molecule has 0 aromatic carbocycles. The van der Waals surface area contributed by atoms with E-state index in [-0.39, 0.29) is 0 Å². The highest BCUT2D eigenvalue weighted by atomic mass is 16.3. The Balaban J connectivity index is 2.28. The van der Waals surface area contributed by atoms with Crippen molar-refractivity contribution < 1.29 is 5.11 Å². The fourth-order valence-electron chi connectivity index (χ4n) is 3.26. The topological polar surface area (TPSA) is 20.2 Å². The van der Waals surface area contributed by atoms with Gasteiger partial charge in [-0.2, -0.15) is 0 Å². The zero-order chi connectivity index (χ0) is 9.47. The molecule has 2 rings (SSSR count). The van der Waals surface area contributed by atoms with Crippen LogP contribution in [0.15, 0.2) is 11.6 Å². The summed E-state index contributed by atoms with van der Waals surface area (Å²) < 4.78 is 0. The molecule has 0 unspecified atom stereocenters. The number of hydrogen-bond acceptors (Lipinski definition) is 1. The largest absolute Gasteiger partial charge is 0.396 e. The second-order valence-electron chi connectivity index (χ2n) is 4.92. The lowest BCUT2D eigenvalue weighted by Gasteiger charge is -2.43. The summed E-state index contributed by atoms with van der Waals surface area (Å²) in [5.41, 5.74) is 1.96. The van der Waals surface area contributed by atoms with Crippen LogP contribution in [0.25, 0.3) is 0 Å². The van der Waals surface area contributed by atoms with E-state index < -0.39 is 0 Å². The fraction of sp³-hybridized carbons (Fsp3) is 0.833. The van der Waals surface area contributed by atoms with Crippen LogP contribution in [0.4, 0.5) is 0 Å². The molecule has 0 bridgehead atoms. The molecule has 0 aliphatic heterocycles. The summed E-state index contributed by atoms with van der Waals surface area (Å²) in [5.74, 6) is 1.25. The minimum absolute atomic E-state index is 0.326. The lowest BCUT2D eigenvalue weighted by Crippen LogP contribution is -2.36. The Kier molecular flexibility index (Phi) is 2.23. The van der Waals surface area contributed by atoms with Crippen LogP contribution < -0.4 is 0 Å². The van der Waals surface area contributed by atoms with Gasteiger partial charge in [0.15, 0.2) is 0 Å². The number of hydrogen-bond donors (Lipinski definition) is 1. The molecule has 1 fully saturated rings. The predicted octanol–water partition coefficient (Wildman–Crippen LogP) is 2.75. The first-order chi connectivity index (χ1) is 6.19. The molecule has 2 aliphatic carbocycles. The van der Waals surface area contributed by atoms with E-state index in [4.69, 9.17) is 0 Å². The number of aliphatic hydroxyl groups is 1. The second-order valence-corrected chi connectivity index (χ2v) is 4.92. The van der Waals surface area contributed by atoms with Gasteiger partial charge in [-0.25, -0.2) is 0 Å². The van der Waals surface area contributed by atoms with Gasteiger partial charge in [-0.05, 0) is 42.9 Å². The molecule has 2 aliphatic rings. The summed E-state index contributed by atoms with van der Waals surface area (Å²) >= 11 is 0. The molecule has 1 N–H and O–H groups in total. The third-order valence-electron chi connectivity index (χ3n) is 4.52. The lowest BCUT2D eigenvalue weighted by molar-refractivity contribution is 0.0798. The lowest BCUT2D eigenvalue weighted by atomic mass is 9.62. The zero-order valence-corrected chi connectivity index (χ0v) is 8.71. The van der Waals surface area contributed by atoms with Crippen LogP contribution in [-0.2, 0) is 0 Å². The Labute approximate surface area is 80.8 Å². The highest BCUT2D eigenvalue weighted by Gasteiger charge is 2.46. The predicted molar refractivity (Wildman–Crippen MR) is 54.4 cm³/mol. The van der Waals surface area contributed by atoms with E-state index in [9.17, 15) is 5.11 Å². The van der Waals surface area contributed by atoms with Crippen LogP contribution >= 0.6 is 0 Å². The Bertz CT molecular complexity index is 231. The number of allylic oxidation sites excluding steroid dienone is 2. The quantitative estimate of drug-likeness (QED) is 0.615. The SMILES string of the molecule is C[C@@H]1CCCC2=CC[C@@H](CO)[C@]21C. The molecular formula is C12H20O. The molecule has 1 nitrogen and oxygen atoms in total. The van der Waals surface area contributed by atoms with Gasteiger partial charge in [0.2, 0.25) is 0 Å². The van der Waals surface area contributed by atoms with Gasteiger partial charge in [-0.15, -0.1) is 0 Å². The van der Waals surface area contributed by atoms with Gasteiger partial charge in [-0.3, -0.25) is 0 Å². The van der Waals surface area contributed by atoms with Gasteiger partial charge in [-0.1, -0.05) is 25.5 Å². The van der Waals surface area contributed by atoms with E-state index in [1.807, 2.05) is 0 Å². The molecule has 13 heavy (non-hydrogen) atoms. The Morgan fingerprint density at radius 2 is 2.38 bits per heavy atom. The first kappa shape index (κ1) is 9.26. The first-order valence-electron chi connectivity index (χ1n) is 5.50. The maximum Gasteiger partial charge on any atom is 0.0470 e. The van der Waals surface area contributed by atoms with Crippen LogP contribution in [0.3, 0.4) is 0 Å². The van der Waals surface area contributed by atoms with E-state index in [1.54, 1.807) is 5.57 Å². The molecule has 1 saturated carbocycles. The summed E-state index contributed by atoms with van der Waals surface area (Å²) in [4.78, 5) is 0. The van der Waals surface area contributed by atoms with Crippen LogP contribution in [0.1, 0.15) is 39.5 Å². The van der Waals surface area contributed by atoms with Crippen molar-refractivity contribution in [3.8, 4) is 0 Å². The molecule has 3 atom stereocenters. The van der Waals surface area contributed by atoms with Crippen molar-refractivity contribution in [3.05, 3.63) is 11.6 Å². The van der Waals surface area contributed by atoms with E-state index in [0.717, 1.165) is 12.3 Å². The van der Waals surface area contributed by atoms with E-state index >= 15 is 0 Å². The smallest absolute Gasteiger partial charge is 0.0470 e. The van der Waals surface area contributed by atoms with E-state index in [0.29, 0.717) is 17.9 Å². The molecule has 0 amide bonds. The zero-order valence-electron chi connectivity index (χ0n) is 8.71. The molecule has 0 heterocycles. The van der Waals surface area contributed by atoms with Crippen molar-refractivity contribution in [1.82, 2.24) is 0 Å². The molecular weight excluding hydrogens is 160 g/mol. The molecule has 1 heteroatoms. The first-order valence-corrected chi connectivity index (χ1v) is 5.50. The van der Waals surface area contributed by atoms with E-state index in [2.05, 4.69) is 19.9 Å².